The maximum absolute atomic E-state index is 12.2. The Hall–Kier alpha value is -1.40. The van der Waals surface area contributed by atoms with Gasteiger partial charge in [0.15, 0.2) is 6.29 Å². The molecule has 1 aromatic rings. The number of carbonyl (C=O) groups is 2. The van der Waals surface area contributed by atoms with E-state index in [4.69, 9.17) is 4.74 Å². The van der Waals surface area contributed by atoms with Crippen molar-refractivity contribution >= 4 is 29.2 Å². The Bertz CT molecular complexity index is 484. The van der Waals surface area contributed by atoms with Crippen LogP contribution in [-0.2, 0) is 9.53 Å². The number of hydrogen-bond acceptors (Lipinski definition) is 5. The molecule has 3 rings (SSSR count). The number of anilines is 1. The molecule has 1 N–H and O–H groups in total. The third-order valence-corrected chi connectivity index (χ3v) is 4.25. The minimum Gasteiger partial charge on any atom is -0.377 e. The molecule has 1 aliphatic heterocycles. The number of nitrogens with one attached hydrogen (secondary N) is 1. The first-order chi connectivity index (χ1) is 9.28. The molecule has 2 heterocycles. The summed E-state index contributed by atoms with van der Waals surface area (Å²) in [6.07, 6.45) is 2.99. The average molecular weight is 280 g/mol. The molecule has 1 saturated carbocycles. The highest BCUT2D eigenvalue weighted by molar-refractivity contribution is 7.12. The molecule has 0 bridgehead atoms. The normalized spacial score (nSPS) is 23.2. The largest absolute Gasteiger partial charge is 0.377 e. The van der Waals surface area contributed by atoms with Crippen molar-refractivity contribution in [2.75, 3.05) is 24.7 Å². The fourth-order valence-corrected chi connectivity index (χ4v) is 2.91. The van der Waals surface area contributed by atoms with E-state index in [1.165, 1.54) is 11.3 Å². The van der Waals surface area contributed by atoms with E-state index in [2.05, 4.69) is 5.32 Å². The summed E-state index contributed by atoms with van der Waals surface area (Å²) in [5, 5.41) is 4.94. The van der Waals surface area contributed by atoms with E-state index in [1.54, 1.807) is 0 Å². The van der Waals surface area contributed by atoms with Crippen LogP contribution in [0.2, 0.25) is 0 Å². The van der Waals surface area contributed by atoms with Crippen molar-refractivity contribution in [1.82, 2.24) is 5.32 Å². The van der Waals surface area contributed by atoms with Gasteiger partial charge in [0.1, 0.15) is 6.04 Å². The summed E-state index contributed by atoms with van der Waals surface area (Å²) in [5.74, 6) is 0.0288. The molecule has 102 valence electrons. The summed E-state index contributed by atoms with van der Waals surface area (Å²) < 4.78 is 5.42. The Balaban J connectivity index is 1.75. The number of morpholine rings is 1. The lowest BCUT2D eigenvalue weighted by molar-refractivity contribution is -0.124. The third-order valence-electron chi connectivity index (χ3n) is 3.41. The zero-order valence-electron chi connectivity index (χ0n) is 10.5. The van der Waals surface area contributed by atoms with Gasteiger partial charge in [0, 0.05) is 23.7 Å². The van der Waals surface area contributed by atoms with Crippen molar-refractivity contribution in [1.29, 1.82) is 0 Å². The molecular formula is C13H16N2O3S. The van der Waals surface area contributed by atoms with Crippen molar-refractivity contribution in [2.45, 2.75) is 24.9 Å². The molecule has 0 radical (unpaired) electrons. The molecule has 1 unspecified atom stereocenters. The first kappa shape index (κ1) is 12.6. The van der Waals surface area contributed by atoms with Crippen LogP contribution in [0, 0.1) is 0 Å². The minimum absolute atomic E-state index is 0.0288. The quantitative estimate of drug-likeness (QED) is 0.837. The first-order valence-corrected chi connectivity index (χ1v) is 7.34. The Labute approximate surface area is 115 Å². The molecule has 1 aromatic heterocycles. The van der Waals surface area contributed by atoms with E-state index in [0.29, 0.717) is 30.7 Å². The van der Waals surface area contributed by atoms with E-state index in [1.807, 2.05) is 16.3 Å². The number of thiophene rings is 1. The van der Waals surface area contributed by atoms with Crippen molar-refractivity contribution in [3.63, 3.8) is 0 Å². The van der Waals surface area contributed by atoms with Crippen LogP contribution in [0.1, 0.15) is 22.5 Å². The number of nitrogens with zero attached hydrogens (tertiary/aromatic N) is 1. The Morgan fingerprint density at radius 2 is 2.37 bits per heavy atom. The SMILES string of the molecule is O=Cc1cc(N2CCOCC2C(=O)NC2CC2)cs1. The monoisotopic (exact) mass is 280 g/mol. The summed E-state index contributed by atoms with van der Waals surface area (Å²) in [6.45, 7) is 1.70. The van der Waals surface area contributed by atoms with Gasteiger partial charge in [-0.25, -0.2) is 0 Å². The fourth-order valence-electron chi connectivity index (χ4n) is 2.21. The van der Waals surface area contributed by atoms with Gasteiger partial charge in [-0.15, -0.1) is 11.3 Å². The molecular weight excluding hydrogens is 264 g/mol. The average Bonchev–Trinajstić information content (AvgIpc) is 3.12. The van der Waals surface area contributed by atoms with Crippen LogP contribution in [0.3, 0.4) is 0 Å². The maximum Gasteiger partial charge on any atom is 0.245 e. The van der Waals surface area contributed by atoms with Crippen LogP contribution >= 0.6 is 11.3 Å². The summed E-state index contributed by atoms with van der Waals surface area (Å²) in [4.78, 5) is 25.7. The van der Waals surface area contributed by atoms with Gasteiger partial charge in [-0.3, -0.25) is 9.59 Å². The van der Waals surface area contributed by atoms with Crippen LogP contribution in [0.5, 0.6) is 0 Å². The van der Waals surface area contributed by atoms with Gasteiger partial charge in [0.25, 0.3) is 0 Å². The highest BCUT2D eigenvalue weighted by Gasteiger charge is 2.33. The Kier molecular flexibility index (Phi) is 3.52. The predicted molar refractivity (Wildman–Crippen MR) is 72.8 cm³/mol. The molecule has 5 nitrogen and oxygen atoms in total. The lowest BCUT2D eigenvalue weighted by Crippen LogP contribution is -2.54. The van der Waals surface area contributed by atoms with Crippen LogP contribution in [0.15, 0.2) is 11.4 Å². The highest BCUT2D eigenvalue weighted by Crippen LogP contribution is 2.26. The lowest BCUT2D eigenvalue weighted by Gasteiger charge is -2.35. The zero-order chi connectivity index (χ0) is 13.2. The number of carbonyl (C=O) groups excluding carboxylic acids is 2. The van der Waals surface area contributed by atoms with Crippen LogP contribution in [0.4, 0.5) is 5.69 Å². The van der Waals surface area contributed by atoms with Gasteiger partial charge in [0.2, 0.25) is 5.91 Å². The summed E-state index contributed by atoms with van der Waals surface area (Å²) in [5.41, 5.74) is 0.936. The van der Waals surface area contributed by atoms with Crippen LogP contribution in [0.25, 0.3) is 0 Å². The Morgan fingerprint density at radius 3 is 3.05 bits per heavy atom. The smallest absolute Gasteiger partial charge is 0.245 e. The molecule has 1 amide bonds. The van der Waals surface area contributed by atoms with Gasteiger partial charge in [-0.1, -0.05) is 0 Å². The number of amides is 1. The second kappa shape index (κ2) is 5.30. The minimum atomic E-state index is -0.288. The van der Waals surface area contributed by atoms with E-state index in [9.17, 15) is 9.59 Å². The predicted octanol–water partition coefficient (Wildman–Crippen LogP) is 1.04. The van der Waals surface area contributed by atoms with Crippen LogP contribution in [-0.4, -0.2) is 44.0 Å². The van der Waals surface area contributed by atoms with Gasteiger partial charge in [-0.2, -0.15) is 0 Å². The van der Waals surface area contributed by atoms with E-state index in [-0.39, 0.29) is 11.9 Å². The van der Waals surface area contributed by atoms with Gasteiger partial charge < -0.3 is 15.0 Å². The molecule has 19 heavy (non-hydrogen) atoms. The lowest BCUT2D eigenvalue weighted by atomic mass is 10.2. The molecule has 2 fully saturated rings. The Morgan fingerprint density at radius 1 is 1.53 bits per heavy atom. The third kappa shape index (κ3) is 2.79. The summed E-state index contributed by atoms with van der Waals surface area (Å²) in [7, 11) is 0. The number of hydrogen-bond donors (Lipinski definition) is 1. The van der Waals surface area contributed by atoms with Crippen molar-refractivity contribution in [3.05, 3.63) is 16.3 Å². The first-order valence-electron chi connectivity index (χ1n) is 6.46. The summed E-state index contributed by atoms with van der Waals surface area (Å²) >= 11 is 1.40. The molecule has 1 atom stereocenters. The maximum atomic E-state index is 12.2. The van der Waals surface area contributed by atoms with Crippen molar-refractivity contribution < 1.29 is 14.3 Å². The van der Waals surface area contributed by atoms with Crippen molar-refractivity contribution in [2.24, 2.45) is 0 Å². The van der Waals surface area contributed by atoms with Gasteiger partial charge >= 0.3 is 0 Å². The van der Waals surface area contributed by atoms with Crippen LogP contribution < -0.4 is 10.2 Å². The molecule has 1 aliphatic carbocycles. The molecule has 0 spiro atoms. The standard InChI is InChI=1S/C13H16N2O3S/c16-6-11-5-10(8-19-11)15-3-4-18-7-12(15)13(17)14-9-1-2-9/h5-6,8-9,12H,1-4,7H2,(H,14,17). The number of ether oxygens (including phenoxy) is 1. The molecule has 6 heteroatoms. The number of rotatable bonds is 4. The topological polar surface area (TPSA) is 58.6 Å². The van der Waals surface area contributed by atoms with E-state index >= 15 is 0 Å². The van der Waals surface area contributed by atoms with Gasteiger partial charge in [-0.05, 0) is 18.9 Å². The summed E-state index contributed by atoms with van der Waals surface area (Å²) in [6, 6.07) is 1.90. The van der Waals surface area contributed by atoms with E-state index < -0.39 is 0 Å². The second-order valence-corrected chi connectivity index (χ2v) is 5.83. The second-order valence-electron chi connectivity index (χ2n) is 4.89. The van der Waals surface area contributed by atoms with Crippen molar-refractivity contribution in [3.8, 4) is 0 Å². The molecule has 2 aliphatic rings. The number of aldehydes is 1. The fraction of sp³-hybridized carbons (Fsp3) is 0.538. The molecule has 0 aromatic carbocycles. The van der Waals surface area contributed by atoms with Gasteiger partial charge in [0.05, 0.1) is 18.1 Å². The molecule has 1 saturated heterocycles. The zero-order valence-corrected chi connectivity index (χ0v) is 11.3. The van der Waals surface area contributed by atoms with E-state index in [0.717, 1.165) is 24.8 Å². The highest BCUT2D eigenvalue weighted by atomic mass is 32.1.